The van der Waals surface area contributed by atoms with Crippen molar-refractivity contribution in [3.8, 4) is 5.75 Å². The van der Waals surface area contributed by atoms with Gasteiger partial charge in [0.05, 0.1) is 36.0 Å². The van der Waals surface area contributed by atoms with Crippen LogP contribution >= 0.6 is 11.8 Å². The number of amidine groups is 1. The number of carbonyl (C=O) groups excluding carboxylic acids is 1. The van der Waals surface area contributed by atoms with Crippen LogP contribution in [0.2, 0.25) is 0 Å². The molecule has 1 aliphatic heterocycles. The Morgan fingerprint density at radius 3 is 2.79 bits per heavy atom. The zero-order valence-electron chi connectivity index (χ0n) is 17.5. The van der Waals surface area contributed by atoms with Gasteiger partial charge in [-0.1, -0.05) is 24.3 Å². The van der Waals surface area contributed by atoms with Gasteiger partial charge in [-0.25, -0.2) is 0 Å². The second-order valence-electron chi connectivity index (χ2n) is 6.80. The number of nitrogens with zero attached hydrogens (tertiary/aromatic N) is 4. The Kier molecular flexibility index (Phi) is 6.65. The maximum absolute atomic E-state index is 13.1. The van der Waals surface area contributed by atoms with E-state index in [9.17, 15) is 14.9 Å². The maximum atomic E-state index is 13.1. The lowest BCUT2D eigenvalue weighted by molar-refractivity contribution is -0.384. The highest BCUT2D eigenvalue weighted by Gasteiger charge is 2.34. The van der Waals surface area contributed by atoms with Gasteiger partial charge >= 0.3 is 0 Å². The highest BCUT2D eigenvalue weighted by atomic mass is 32.2. The van der Waals surface area contributed by atoms with E-state index in [-0.39, 0.29) is 18.1 Å². The molecule has 1 aliphatic rings. The molecule has 0 atom stereocenters. The van der Waals surface area contributed by atoms with Gasteiger partial charge in [-0.15, -0.1) is 5.10 Å². The number of thioether (sulfide) groups is 1. The summed E-state index contributed by atoms with van der Waals surface area (Å²) in [6, 6.07) is 16.9. The number of hydrogen-bond donors (Lipinski definition) is 0. The van der Waals surface area contributed by atoms with Gasteiger partial charge in [0.15, 0.2) is 5.17 Å². The van der Waals surface area contributed by atoms with Crippen LogP contribution in [-0.2, 0) is 11.3 Å². The van der Waals surface area contributed by atoms with Gasteiger partial charge in [0, 0.05) is 17.7 Å². The van der Waals surface area contributed by atoms with E-state index in [2.05, 4.69) is 10.2 Å². The first kappa shape index (κ1) is 22.0. The summed E-state index contributed by atoms with van der Waals surface area (Å²) in [7, 11) is 1.57. The van der Waals surface area contributed by atoms with E-state index in [0.29, 0.717) is 27.1 Å². The summed E-state index contributed by atoms with van der Waals surface area (Å²) in [5.41, 5.74) is 1.22. The van der Waals surface area contributed by atoms with Crippen LogP contribution in [0.1, 0.15) is 16.9 Å². The summed E-state index contributed by atoms with van der Waals surface area (Å²) in [5, 5.41) is 19.8. The number of carbonyl (C=O) groups is 1. The first-order valence-corrected chi connectivity index (χ1v) is 10.6. The fourth-order valence-corrected chi connectivity index (χ4v) is 4.01. The number of ether oxygens (including phenoxy) is 1. The molecule has 0 N–H and O–H groups in total. The number of nitro benzene ring substituents is 1. The summed E-state index contributed by atoms with van der Waals surface area (Å²) >= 11 is 1.13. The van der Waals surface area contributed by atoms with E-state index in [1.807, 2.05) is 24.3 Å². The molecule has 0 bridgehead atoms. The fourth-order valence-electron chi connectivity index (χ4n) is 3.07. The summed E-state index contributed by atoms with van der Waals surface area (Å²) in [4.78, 5) is 25.5. The average Bonchev–Trinajstić information content (AvgIpc) is 3.44. The van der Waals surface area contributed by atoms with Crippen molar-refractivity contribution in [1.82, 2.24) is 4.90 Å². The summed E-state index contributed by atoms with van der Waals surface area (Å²) in [6.45, 7) is 0.175. The largest absolute Gasteiger partial charge is 0.496 e. The van der Waals surface area contributed by atoms with Gasteiger partial charge in [0.2, 0.25) is 0 Å². The first-order chi connectivity index (χ1) is 16.0. The lowest BCUT2D eigenvalue weighted by Gasteiger charge is -2.12. The Labute approximate surface area is 193 Å². The highest BCUT2D eigenvalue weighted by molar-refractivity contribution is 8.18. The van der Waals surface area contributed by atoms with Crippen molar-refractivity contribution in [2.75, 3.05) is 7.11 Å². The quantitative estimate of drug-likeness (QED) is 0.218. The average molecular weight is 462 g/mol. The fraction of sp³-hybridized carbons (Fsp3) is 0.0870. The number of non-ortho nitro benzene ring substituents is 1. The number of furan rings is 1. The van der Waals surface area contributed by atoms with Crippen molar-refractivity contribution in [1.29, 1.82) is 0 Å². The lowest BCUT2D eigenvalue weighted by Crippen LogP contribution is -2.28. The molecule has 3 aromatic rings. The van der Waals surface area contributed by atoms with Crippen molar-refractivity contribution in [3.05, 3.63) is 98.8 Å². The molecule has 9 nitrogen and oxygen atoms in total. The molecule has 0 unspecified atom stereocenters. The van der Waals surface area contributed by atoms with E-state index in [1.54, 1.807) is 43.7 Å². The summed E-state index contributed by atoms with van der Waals surface area (Å²) < 4.78 is 10.7. The summed E-state index contributed by atoms with van der Waals surface area (Å²) in [6.07, 6.45) is 4.67. The Bertz CT molecular complexity index is 1270. The van der Waals surface area contributed by atoms with Crippen LogP contribution in [0.3, 0.4) is 0 Å². The van der Waals surface area contributed by atoms with Crippen LogP contribution in [0.5, 0.6) is 5.75 Å². The molecule has 0 saturated carbocycles. The smallest absolute Gasteiger partial charge is 0.270 e. The second kappa shape index (κ2) is 9.96. The minimum atomic E-state index is -0.478. The predicted octanol–water partition coefficient (Wildman–Crippen LogP) is 4.70. The van der Waals surface area contributed by atoms with Crippen LogP contribution in [-0.4, -0.2) is 34.2 Å². The molecule has 0 spiro atoms. The van der Waals surface area contributed by atoms with Crippen LogP contribution in [0, 0.1) is 10.1 Å². The zero-order chi connectivity index (χ0) is 23.2. The predicted molar refractivity (Wildman–Crippen MR) is 126 cm³/mol. The number of hydrogen-bond acceptors (Lipinski definition) is 8. The topological polar surface area (TPSA) is 111 Å². The Morgan fingerprint density at radius 1 is 1.18 bits per heavy atom. The Morgan fingerprint density at radius 2 is 2.03 bits per heavy atom. The van der Waals surface area contributed by atoms with Crippen molar-refractivity contribution < 1.29 is 18.9 Å². The maximum Gasteiger partial charge on any atom is 0.270 e. The third-order valence-corrected chi connectivity index (χ3v) is 5.64. The van der Waals surface area contributed by atoms with E-state index in [4.69, 9.17) is 9.15 Å². The molecule has 2 heterocycles. The molecule has 2 aromatic carbocycles. The van der Waals surface area contributed by atoms with Gasteiger partial charge in [0.1, 0.15) is 11.5 Å². The van der Waals surface area contributed by atoms with Crippen molar-refractivity contribution in [2.24, 2.45) is 10.2 Å². The van der Waals surface area contributed by atoms with Gasteiger partial charge in [-0.3, -0.25) is 19.8 Å². The standard InChI is InChI=1S/C23H18N4O5S/c1-31-20-10-3-2-7-17(20)14-24-25-23-26(15-19-9-5-11-32-19)22(28)21(33-23)13-16-6-4-8-18(12-16)27(29)30/h2-14H,15H2,1H3/b21-13-,24-14+,25-23-. The zero-order valence-corrected chi connectivity index (χ0v) is 18.3. The van der Waals surface area contributed by atoms with E-state index in [0.717, 1.165) is 17.3 Å². The second-order valence-corrected chi connectivity index (χ2v) is 7.81. The molecule has 33 heavy (non-hydrogen) atoms. The van der Waals surface area contributed by atoms with Crippen LogP contribution < -0.4 is 4.74 Å². The SMILES string of the molecule is COc1ccccc1/C=N/N=C1\S/C(=C\c2cccc([N+](=O)[O-])c2)C(=O)N1Cc1ccco1. The third kappa shape index (κ3) is 5.18. The number of para-hydroxylation sites is 1. The molecule has 10 heteroatoms. The highest BCUT2D eigenvalue weighted by Crippen LogP contribution is 2.34. The van der Waals surface area contributed by atoms with Gasteiger partial charge in [-0.2, -0.15) is 5.10 Å². The van der Waals surface area contributed by atoms with Crippen LogP contribution in [0.25, 0.3) is 6.08 Å². The molecule has 0 aliphatic carbocycles. The van der Waals surface area contributed by atoms with E-state index >= 15 is 0 Å². The number of nitro groups is 1. The molecule has 1 aromatic heterocycles. The summed E-state index contributed by atoms with van der Waals surface area (Å²) in [5.74, 6) is 0.936. The molecule has 166 valence electrons. The number of rotatable bonds is 7. The monoisotopic (exact) mass is 462 g/mol. The molecule has 1 amide bonds. The normalized spacial score (nSPS) is 16.3. The first-order valence-electron chi connectivity index (χ1n) is 9.77. The Hall–Kier alpha value is -4.18. The van der Waals surface area contributed by atoms with Crippen LogP contribution in [0.4, 0.5) is 5.69 Å². The Balaban J connectivity index is 1.64. The van der Waals surface area contributed by atoms with E-state index < -0.39 is 4.92 Å². The molecular formula is C23H18N4O5S. The third-order valence-electron chi connectivity index (χ3n) is 4.64. The lowest BCUT2D eigenvalue weighted by atomic mass is 10.2. The van der Waals surface area contributed by atoms with Crippen molar-refractivity contribution >= 4 is 40.8 Å². The van der Waals surface area contributed by atoms with Crippen LogP contribution in [0.15, 0.2) is 86.5 Å². The molecule has 1 saturated heterocycles. The van der Waals surface area contributed by atoms with Gasteiger partial charge in [-0.05, 0) is 47.7 Å². The van der Waals surface area contributed by atoms with Gasteiger partial charge < -0.3 is 9.15 Å². The number of benzene rings is 2. The number of amides is 1. The molecule has 4 rings (SSSR count). The van der Waals surface area contributed by atoms with E-state index in [1.165, 1.54) is 23.3 Å². The van der Waals surface area contributed by atoms with Crippen molar-refractivity contribution in [2.45, 2.75) is 6.54 Å². The molecule has 1 fully saturated rings. The van der Waals surface area contributed by atoms with Crippen molar-refractivity contribution in [3.63, 3.8) is 0 Å². The number of methoxy groups -OCH3 is 1. The van der Waals surface area contributed by atoms with Gasteiger partial charge in [0.25, 0.3) is 11.6 Å². The molecular weight excluding hydrogens is 444 g/mol. The molecule has 0 radical (unpaired) electrons. The minimum absolute atomic E-state index is 0.0532. The minimum Gasteiger partial charge on any atom is -0.496 e.